The fourth-order valence-corrected chi connectivity index (χ4v) is 3.03. The number of carbonyl (C=O) groups excluding carboxylic acids is 3. The van der Waals surface area contributed by atoms with Crippen LogP contribution in [0.5, 0.6) is 0 Å². The second-order valence-electron chi connectivity index (χ2n) is 7.50. The van der Waals surface area contributed by atoms with Crippen molar-refractivity contribution in [3.05, 3.63) is 35.9 Å². The second-order valence-corrected chi connectivity index (χ2v) is 7.50. The molecule has 0 spiro atoms. The van der Waals surface area contributed by atoms with E-state index in [1.807, 2.05) is 30.3 Å². The highest BCUT2D eigenvalue weighted by molar-refractivity contribution is 5.84. The Hall–Kier alpha value is -2.61. The van der Waals surface area contributed by atoms with Gasteiger partial charge in [0.2, 0.25) is 5.91 Å². The number of methoxy groups -OCH3 is 1. The number of hydrogen-bond acceptors (Lipinski definition) is 6. The van der Waals surface area contributed by atoms with Crippen molar-refractivity contribution in [1.82, 2.24) is 10.6 Å². The number of alkyl carbamates (subject to hydrolysis) is 1. The number of hydrogen-bond donors (Lipinski definition) is 3. The predicted octanol–water partition coefficient (Wildman–Crippen LogP) is 3.07. The van der Waals surface area contributed by atoms with Gasteiger partial charge in [0.1, 0.15) is 12.6 Å². The first-order valence-corrected chi connectivity index (χ1v) is 11.0. The number of unbranched alkanes of at least 4 members (excludes halogenated alkanes) is 5. The molecule has 0 aliphatic carbocycles. The molecule has 0 heterocycles. The molecule has 1 aromatic carbocycles. The summed E-state index contributed by atoms with van der Waals surface area (Å²) in [5.74, 6) is -0.979. The molecule has 0 aliphatic rings. The minimum atomic E-state index is -1.10. The maximum atomic E-state index is 12.2. The van der Waals surface area contributed by atoms with E-state index >= 15 is 0 Å². The minimum absolute atomic E-state index is 0.114. The Kier molecular flexibility index (Phi) is 13.7. The molecule has 8 nitrogen and oxygen atoms in total. The molecule has 2 amide bonds. The predicted molar refractivity (Wildman–Crippen MR) is 117 cm³/mol. The van der Waals surface area contributed by atoms with Gasteiger partial charge in [-0.15, -0.1) is 0 Å². The Labute approximate surface area is 184 Å². The topological polar surface area (TPSA) is 114 Å². The summed E-state index contributed by atoms with van der Waals surface area (Å²) in [6.45, 7) is 2.13. The number of nitrogens with one attached hydrogen (secondary N) is 2. The molecular formula is C23H36N2O6. The largest absolute Gasteiger partial charge is 0.467 e. The van der Waals surface area contributed by atoms with Gasteiger partial charge in [0.05, 0.1) is 19.6 Å². The average molecular weight is 437 g/mol. The number of ether oxygens (including phenoxy) is 2. The van der Waals surface area contributed by atoms with Crippen molar-refractivity contribution in [2.75, 3.05) is 13.7 Å². The third-order valence-corrected chi connectivity index (χ3v) is 4.78. The molecule has 0 fully saturated rings. The molecule has 3 N–H and O–H groups in total. The summed E-state index contributed by atoms with van der Waals surface area (Å²) in [6.07, 6.45) is 4.89. The van der Waals surface area contributed by atoms with E-state index < -0.39 is 30.1 Å². The Balaban J connectivity index is 2.29. The first-order valence-electron chi connectivity index (χ1n) is 11.0. The SMILES string of the molecule is CCCCCCCC[C@@H](NC(=O)C[C@@H](O)CNC(=O)OCc1ccccc1)C(=O)OC. The number of rotatable bonds is 15. The smallest absolute Gasteiger partial charge is 0.407 e. The van der Waals surface area contributed by atoms with Gasteiger partial charge in [-0.05, 0) is 12.0 Å². The van der Waals surface area contributed by atoms with E-state index in [2.05, 4.69) is 17.6 Å². The highest BCUT2D eigenvalue weighted by Crippen LogP contribution is 2.10. The van der Waals surface area contributed by atoms with Crippen LogP contribution in [0.25, 0.3) is 0 Å². The summed E-state index contributed by atoms with van der Waals surface area (Å²) in [6, 6.07) is 8.47. The number of aliphatic hydroxyl groups excluding tert-OH is 1. The van der Waals surface area contributed by atoms with E-state index in [9.17, 15) is 19.5 Å². The summed E-state index contributed by atoms with van der Waals surface area (Å²) in [4.78, 5) is 35.8. The number of esters is 1. The fraction of sp³-hybridized carbons (Fsp3) is 0.609. The van der Waals surface area contributed by atoms with Gasteiger partial charge in [-0.25, -0.2) is 9.59 Å². The molecule has 0 radical (unpaired) electrons. The van der Waals surface area contributed by atoms with Gasteiger partial charge in [-0.2, -0.15) is 0 Å². The van der Waals surface area contributed by atoms with Crippen molar-refractivity contribution in [3.63, 3.8) is 0 Å². The highest BCUT2D eigenvalue weighted by Gasteiger charge is 2.22. The molecule has 0 aliphatic heterocycles. The van der Waals surface area contributed by atoms with E-state index in [1.165, 1.54) is 26.4 Å². The first-order chi connectivity index (χ1) is 15.0. The van der Waals surface area contributed by atoms with Crippen molar-refractivity contribution in [3.8, 4) is 0 Å². The molecule has 31 heavy (non-hydrogen) atoms. The zero-order valence-electron chi connectivity index (χ0n) is 18.6. The highest BCUT2D eigenvalue weighted by atomic mass is 16.5. The lowest BCUT2D eigenvalue weighted by Crippen LogP contribution is -2.43. The van der Waals surface area contributed by atoms with Crippen LogP contribution < -0.4 is 10.6 Å². The molecule has 0 unspecified atom stereocenters. The first kappa shape index (κ1) is 26.4. The maximum Gasteiger partial charge on any atom is 0.407 e. The van der Waals surface area contributed by atoms with Gasteiger partial charge in [-0.1, -0.05) is 75.8 Å². The van der Waals surface area contributed by atoms with E-state index in [-0.39, 0.29) is 19.6 Å². The standard InChI is InChI=1S/C23H36N2O6/c1-3-4-5-6-7-11-14-20(22(28)30-2)25-21(27)15-19(26)16-24-23(29)31-17-18-12-9-8-10-13-18/h8-10,12-13,19-20,26H,3-7,11,14-17H2,1-2H3,(H,24,29)(H,25,27)/t19-,20-/m1/s1. The molecular weight excluding hydrogens is 400 g/mol. The number of benzene rings is 1. The Bertz CT molecular complexity index is 653. The minimum Gasteiger partial charge on any atom is -0.467 e. The van der Waals surface area contributed by atoms with Crippen LogP contribution in [-0.2, 0) is 25.7 Å². The Morgan fingerprint density at radius 1 is 1.03 bits per heavy atom. The second kappa shape index (κ2) is 16.1. The van der Waals surface area contributed by atoms with Gasteiger partial charge < -0.3 is 25.2 Å². The third-order valence-electron chi connectivity index (χ3n) is 4.78. The summed E-state index contributed by atoms with van der Waals surface area (Å²) in [5.41, 5.74) is 0.844. The summed E-state index contributed by atoms with van der Waals surface area (Å²) >= 11 is 0. The zero-order chi connectivity index (χ0) is 22.9. The van der Waals surface area contributed by atoms with E-state index in [0.717, 1.165) is 24.8 Å². The Morgan fingerprint density at radius 3 is 2.39 bits per heavy atom. The molecule has 1 rings (SSSR count). The summed E-state index contributed by atoms with van der Waals surface area (Å²) in [5, 5.41) is 15.1. The molecule has 174 valence electrons. The van der Waals surface area contributed by atoms with Crippen LogP contribution in [-0.4, -0.2) is 48.9 Å². The van der Waals surface area contributed by atoms with E-state index in [4.69, 9.17) is 9.47 Å². The number of amides is 2. The lowest BCUT2D eigenvalue weighted by molar-refractivity contribution is -0.145. The molecule has 1 aromatic rings. The number of aliphatic hydroxyl groups is 1. The van der Waals surface area contributed by atoms with Crippen molar-refractivity contribution >= 4 is 18.0 Å². The molecule has 0 saturated heterocycles. The summed E-state index contributed by atoms with van der Waals surface area (Å²) in [7, 11) is 1.28. The van der Waals surface area contributed by atoms with Crippen LogP contribution in [0.3, 0.4) is 0 Å². The van der Waals surface area contributed by atoms with Crippen LogP contribution in [0.15, 0.2) is 30.3 Å². The van der Waals surface area contributed by atoms with Gasteiger partial charge in [0, 0.05) is 6.54 Å². The van der Waals surface area contributed by atoms with Crippen LogP contribution in [0.1, 0.15) is 63.9 Å². The van der Waals surface area contributed by atoms with Crippen LogP contribution >= 0.6 is 0 Å². The maximum absolute atomic E-state index is 12.2. The van der Waals surface area contributed by atoms with Crippen LogP contribution in [0.2, 0.25) is 0 Å². The van der Waals surface area contributed by atoms with Gasteiger partial charge in [0.15, 0.2) is 0 Å². The molecule has 2 atom stereocenters. The quantitative estimate of drug-likeness (QED) is 0.288. The molecule has 8 heteroatoms. The monoisotopic (exact) mass is 436 g/mol. The van der Waals surface area contributed by atoms with E-state index in [0.29, 0.717) is 6.42 Å². The third kappa shape index (κ3) is 12.6. The van der Waals surface area contributed by atoms with Crippen molar-refractivity contribution in [2.24, 2.45) is 0 Å². The fourth-order valence-electron chi connectivity index (χ4n) is 3.03. The Morgan fingerprint density at radius 2 is 1.71 bits per heavy atom. The molecule has 0 aromatic heterocycles. The van der Waals surface area contributed by atoms with Crippen molar-refractivity contribution in [1.29, 1.82) is 0 Å². The van der Waals surface area contributed by atoms with Crippen molar-refractivity contribution in [2.45, 2.75) is 77.0 Å². The lowest BCUT2D eigenvalue weighted by Gasteiger charge is -2.18. The lowest BCUT2D eigenvalue weighted by atomic mass is 10.1. The normalized spacial score (nSPS) is 12.5. The van der Waals surface area contributed by atoms with Crippen LogP contribution in [0.4, 0.5) is 4.79 Å². The van der Waals surface area contributed by atoms with Gasteiger partial charge in [0.25, 0.3) is 0 Å². The van der Waals surface area contributed by atoms with Crippen LogP contribution in [0, 0.1) is 0 Å². The van der Waals surface area contributed by atoms with E-state index in [1.54, 1.807) is 0 Å². The van der Waals surface area contributed by atoms with Crippen molar-refractivity contribution < 1.29 is 29.0 Å². The summed E-state index contributed by atoms with van der Waals surface area (Å²) < 4.78 is 9.82. The number of carbonyl (C=O) groups is 3. The molecule has 0 saturated carbocycles. The average Bonchev–Trinajstić information content (AvgIpc) is 2.77. The van der Waals surface area contributed by atoms with Gasteiger partial charge >= 0.3 is 12.1 Å². The van der Waals surface area contributed by atoms with Gasteiger partial charge in [-0.3, -0.25) is 4.79 Å². The molecule has 0 bridgehead atoms. The zero-order valence-corrected chi connectivity index (χ0v) is 18.6.